The smallest absolute Gasteiger partial charge is 0.262 e. The first kappa shape index (κ1) is 20.5. The number of halogens is 1. The van der Waals surface area contributed by atoms with Crippen LogP contribution in [-0.2, 0) is 4.79 Å². The standard InChI is InChI=1S/C22H28ClN3O2/c1-25(2)15-17-11-13-26(14-12-17)20-7-5-19(6-8-20)24-22(27)16-28-21-9-3-18(23)4-10-21/h3-10,17H,11-16H2,1-2H3,(H,24,27). The zero-order chi connectivity index (χ0) is 19.9. The molecule has 0 radical (unpaired) electrons. The van der Waals surface area contributed by atoms with Crippen molar-refractivity contribution < 1.29 is 9.53 Å². The summed E-state index contributed by atoms with van der Waals surface area (Å²) < 4.78 is 5.47. The van der Waals surface area contributed by atoms with Gasteiger partial charge in [-0.1, -0.05) is 11.6 Å². The Morgan fingerprint density at radius 1 is 1.11 bits per heavy atom. The summed E-state index contributed by atoms with van der Waals surface area (Å²) in [6, 6.07) is 15.0. The van der Waals surface area contributed by atoms with Crippen molar-refractivity contribution >= 4 is 28.9 Å². The summed E-state index contributed by atoms with van der Waals surface area (Å²) in [6.07, 6.45) is 2.44. The van der Waals surface area contributed by atoms with Crippen molar-refractivity contribution in [2.45, 2.75) is 12.8 Å². The fourth-order valence-corrected chi connectivity index (χ4v) is 3.65. The van der Waals surface area contributed by atoms with Crippen LogP contribution in [0.15, 0.2) is 48.5 Å². The van der Waals surface area contributed by atoms with E-state index in [1.54, 1.807) is 24.3 Å². The number of anilines is 2. The molecule has 1 amide bonds. The maximum absolute atomic E-state index is 12.1. The van der Waals surface area contributed by atoms with Gasteiger partial charge in [0.05, 0.1) is 0 Å². The van der Waals surface area contributed by atoms with E-state index in [0.29, 0.717) is 10.8 Å². The van der Waals surface area contributed by atoms with Crippen molar-refractivity contribution in [3.05, 3.63) is 53.6 Å². The van der Waals surface area contributed by atoms with Gasteiger partial charge in [-0.2, -0.15) is 0 Å². The number of nitrogens with one attached hydrogen (secondary N) is 1. The molecule has 1 N–H and O–H groups in total. The SMILES string of the molecule is CN(C)CC1CCN(c2ccc(NC(=O)COc3ccc(Cl)cc3)cc2)CC1. The highest BCUT2D eigenvalue weighted by Gasteiger charge is 2.19. The number of carbonyl (C=O) groups is 1. The van der Waals surface area contributed by atoms with E-state index in [2.05, 4.69) is 41.3 Å². The molecule has 0 bridgehead atoms. The predicted octanol–water partition coefficient (Wildman–Crippen LogP) is 4.14. The molecule has 2 aromatic carbocycles. The molecule has 1 heterocycles. The van der Waals surface area contributed by atoms with E-state index in [1.165, 1.54) is 18.5 Å². The quantitative estimate of drug-likeness (QED) is 0.757. The van der Waals surface area contributed by atoms with Crippen molar-refractivity contribution in [3.63, 3.8) is 0 Å². The van der Waals surface area contributed by atoms with Crippen LogP contribution >= 0.6 is 11.6 Å². The van der Waals surface area contributed by atoms with E-state index in [4.69, 9.17) is 16.3 Å². The predicted molar refractivity (Wildman–Crippen MR) is 116 cm³/mol. The Kier molecular flexibility index (Phi) is 7.18. The van der Waals surface area contributed by atoms with E-state index < -0.39 is 0 Å². The average molecular weight is 402 g/mol. The van der Waals surface area contributed by atoms with Crippen LogP contribution in [0.25, 0.3) is 0 Å². The number of rotatable bonds is 7. The van der Waals surface area contributed by atoms with Crippen LogP contribution in [0.2, 0.25) is 5.02 Å². The lowest BCUT2D eigenvalue weighted by atomic mass is 9.96. The molecule has 1 fully saturated rings. The van der Waals surface area contributed by atoms with E-state index in [-0.39, 0.29) is 12.5 Å². The third-order valence-corrected chi connectivity index (χ3v) is 5.19. The van der Waals surface area contributed by atoms with Gasteiger partial charge in [0.2, 0.25) is 0 Å². The Bertz CT molecular complexity index is 754. The molecule has 5 nitrogen and oxygen atoms in total. The third kappa shape index (κ3) is 6.14. The molecule has 6 heteroatoms. The van der Waals surface area contributed by atoms with Crippen molar-refractivity contribution in [2.24, 2.45) is 5.92 Å². The van der Waals surface area contributed by atoms with Crippen molar-refractivity contribution in [1.82, 2.24) is 4.90 Å². The van der Waals surface area contributed by atoms with Crippen molar-refractivity contribution in [3.8, 4) is 5.75 Å². The largest absolute Gasteiger partial charge is 0.484 e. The Hall–Kier alpha value is -2.24. The van der Waals surface area contributed by atoms with Gasteiger partial charge in [0.15, 0.2) is 6.61 Å². The molecule has 0 unspecified atom stereocenters. The van der Waals surface area contributed by atoms with Gasteiger partial charge in [0, 0.05) is 36.0 Å². The minimum absolute atomic E-state index is 0.0389. The van der Waals surface area contributed by atoms with Gasteiger partial charge >= 0.3 is 0 Å². The highest BCUT2D eigenvalue weighted by molar-refractivity contribution is 6.30. The first-order valence-corrected chi connectivity index (χ1v) is 10.1. The van der Waals surface area contributed by atoms with Gasteiger partial charge in [0.1, 0.15) is 5.75 Å². The lowest BCUT2D eigenvalue weighted by Gasteiger charge is -2.34. The van der Waals surface area contributed by atoms with Crippen LogP contribution in [0.4, 0.5) is 11.4 Å². The van der Waals surface area contributed by atoms with Gasteiger partial charge in [-0.25, -0.2) is 0 Å². The monoisotopic (exact) mass is 401 g/mol. The lowest BCUT2D eigenvalue weighted by molar-refractivity contribution is -0.118. The summed E-state index contributed by atoms with van der Waals surface area (Å²) in [4.78, 5) is 16.8. The maximum Gasteiger partial charge on any atom is 0.262 e. The van der Waals surface area contributed by atoms with Gasteiger partial charge in [-0.05, 0) is 81.4 Å². The number of nitrogens with zero attached hydrogens (tertiary/aromatic N) is 2. The number of ether oxygens (including phenoxy) is 1. The second kappa shape index (κ2) is 9.80. The Labute approximate surface area is 172 Å². The number of carbonyl (C=O) groups excluding carboxylic acids is 1. The minimum atomic E-state index is -0.188. The normalized spacial score (nSPS) is 14.9. The van der Waals surface area contributed by atoms with Gasteiger partial charge in [0.25, 0.3) is 5.91 Å². The van der Waals surface area contributed by atoms with Crippen LogP contribution in [0, 0.1) is 5.92 Å². The van der Waals surface area contributed by atoms with E-state index in [0.717, 1.165) is 31.2 Å². The molecular formula is C22H28ClN3O2. The average Bonchev–Trinajstić information content (AvgIpc) is 2.68. The second-order valence-electron chi connectivity index (χ2n) is 7.53. The van der Waals surface area contributed by atoms with Crippen LogP contribution in [-0.4, -0.2) is 51.1 Å². The molecule has 0 atom stereocenters. The molecule has 150 valence electrons. The second-order valence-corrected chi connectivity index (χ2v) is 7.97. The zero-order valence-electron chi connectivity index (χ0n) is 16.5. The number of benzene rings is 2. The summed E-state index contributed by atoms with van der Waals surface area (Å²) in [6.45, 7) is 3.29. The van der Waals surface area contributed by atoms with Crippen molar-refractivity contribution in [1.29, 1.82) is 0 Å². The Morgan fingerprint density at radius 3 is 2.36 bits per heavy atom. The molecule has 1 aliphatic rings. The molecule has 1 saturated heterocycles. The van der Waals surface area contributed by atoms with Gasteiger partial charge < -0.3 is 19.9 Å². The van der Waals surface area contributed by atoms with Crippen LogP contribution in [0.3, 0.4) is 0 Å². The van der Waals surface area contributed by atoms with Gasteiger partial charge in [-0.15, -0.1) is 0 Å². The molecule has 2 aromatic rings. The van der Waals surface area contributed by atoms with Crippen LogP contribution in [0.5, 0.6) is 5.75 Å². The number of amides is 1. The number of piperidine rings is 1. The maximum atomic E-state index is 12.1. The molecule has 0 aliphatic carbocycles. The molecule has 1 aliphatic heterocycles. The summed E-state index contributed by atoms with van der Waals surface area (Å²) in [5, 5.41) is 3.51. The van der Waals surface area contributed by atoms with E-state index in [1.807, 2.05) is 12.1 Å². The lowest BCUT2D eigenvalue weighted by Crippen LogP contribution is -2.37. The van der Waals surface area contributed by atoms with Gasteiger partial charge in [-0.3, -0.25) is 4.79 Å². The fraction of sp³-hybridized carbons (Fsp3) is 0.409. The molecule has 28 heavy (non-hydrogen) atoms. The van der Waals surface area contributed by atoms with Crippen LogP contribution < -0.4 is 15.0 Å². The first-order chi connectivity index (χ1) is 13.5. The number of hydrogen-bond acceptors (Lipinski definition) is 4. The minimum Gasteiger partial charge on any atom is -0.484 e. The first-order valence-electron chi connectivity index (χ1n) is 9.67. The summed E-state index contributed by atoms with van der Waals surface area (Å²) in [7, 11) is 4.28. The van der Waals surface area contributed by atoms with Crippen LogP contribution in [0.1, 0.15) is 12.8 Å². The molecule has 0 saturated carbocycles. The van der Waals surface area contributed by atoms with E-state index in [9.17, 15) is 4.79 Å². The summed E-state index contributed by atoms with van der Waals surface area (Å²) in [5.41, 5.74) is 1.98. The molecule has 3 rings (SSSR count). The summed E-state index contributed by atoms with van der Waals surface area (Å²) in [5.74, 6) is 1.21. The molecule has 0 aromatic heterocycles. The number of hydrogen-bond donors (Lipinski definition) is 1. The summed E-state index contributed by atoms with van der Waals surface area (Å²) >= 11 is 5.84. The topological polar surface area (TPSA) is 44.8 Å². The molecular weight excluding hydrogens is 374 g/mol. The third-order valence-electron chi connectivity index (χ3n) is 4.94. The molecule has 0 spiro atoms. The zero-order valence-corrected chi connectivity index (χ0v) is 17.3. The Morgan fingerprint density at radius 2 is 1.75 bits per heavy atom. The highest BCUT2D eigenvalue weighted by atomic mass is 35.5. The highest BCUT2D eigenvalue weighted by Crippen LogP contribution is 2.25. The van der Waals surface area contributed by atoms with E-state index >= 15 is 0 Å². The fourth-order valence-electron chi connectivity index (χ4n) is 3.52. The Balaban J connectivity index is 1.45. The van der Waals surface area contributed by atoms with Crippen molar-refractivity contribution in [2.75, 3.05) is 50.6 Å².